The fraction of sp³-hybridized carbons (Fsp3) is 0.0833. The van der Waals surface area contributed by atoms with Crippen LogP contribution in [0.4, 0.5) is 0 Å². The first-order chi connectivity index (χ1) is 8.54. The van der Waals surface area contributed by atoms with Gasteiger partial charge in [-0.25, -0.2) is 9.48 Å². The Bertz CT molecular complexity index is 617. The summed E-state index contributed by atoms with van der Waals surface area (Å²) < 4.78 is 1.40. The molecular weight excluding hydrogens is 256 g/mol. The SMILES string of the molecule is Cc1nn(-c2ccc(C(=O)O)cc2)c(Cl)c1C=O. The molecule has 0 saturated carbocycles. The average Bonchev–Trinajstić information content (AvgIpc) is 2.64. The van der Waals surface area contributed by atoms with Crippen LogP contribution in [0.2, 0.25) is 5.15 Å². The molecule has 6 heteroatoms. The van der Waals surface area contributed by atoms with Gasteiger partial charge in [-0.3, -0.25) is 4.79 Å². The minimum atomic E-state index is -1.00. The molecule has 2 rings (SSSR count). The number of halogens is 1. The van der Waals surface area contributed by atoms with E-state index in [2.05, 4.69) is 5.10 Å². The van der Waals surface area contributed by atoms with Crippen molar-refractivity contribution in [2.24, 2.45) is 0 Å². The molecule has 0 bridgehead atoms. The van der Waals surface area contributed by atoms with Gasteiger partial charge >= 0.3 is 5.97 Å². The third kappa shape index (κ3) is 2.00. The van der Waals surface area contributed by atoms with Crippen molar-refractivity contribution in [2.45, 2.75) is 6.92 Å². The molecule has 5 nitrogen and oxygen atoms in total. The van der Waals surface area contributed by atoms with E-state index in [1.165, 1.54) is 16.8 Å². The standard InChI is InChI=1S/C12H9ClN2O3/c1-7-10(6-16)11(13)15(14-7)9-4-2-8(3-5-9)12(17)18/h2-6H,1H3,(H,17,18). The maximum absolute atomic E-state index is 10.8. The number of hydrogen-bond donors (Lipinski definition) is 1. The van der Waals surface area contributed by atoms with Gasteiger partial charge in [-0.15, -0.1) is 0 Å². The molecule has 1 heterocycles. The molecule has 0 atom stereocenters. The van der Waals surface area contributed by atoms with Gasteiger partial charge in [-0.1, -0.05) is 11.6 Å². The number of hydrogen-bond acceptors (Lipinski definition) is 3. The Morgan fingerprint density at radius 3 is 2.44 bits per heavy atom. The monoisotopic (exact) mass is 264 g/mol. The molecule has 2 aromatic rings. The largest absolute Gasteiger partial charge is 0.478 e. The van der Waals surface area contributed by atoms with Crippen LogP contribution >= 0.6 is 11.6 Å². The van der Waals surface area contributed by atoms with Gasteiger partial charge in [0.15, 0.2) is 6.29 Å². The number of aromatic carboxylic acids is 1. The molecule has 0 unspecified atom stereocenters. The van der Waals surface area contributed by atoms with E-state index >= 15 is 0 Å². The van der Waals surface area contributed by atoms with E-state index in [0.29, 0.717) is 23.2 Å². The van der Waals surface area contributed by atoms with E-state index in [-0.39, 0.29) is 10.7 Å². The van der Waals surface area contributed by atoms with Crippen molar-refractivity contribution in [3.8, 4) is 5.69 Å². The van der Waals surface area contributed by atoms with Gasteiger partial charge in [0.05, 0.1) is 22.5 Å². The molecule has 1 N–H and O–H groups in total. The second-order valence-electron chi connectivity index (χ2n) is 3.67. The molecular formula is C12H9ClN2O3. The number of carbonyl (C=O) groups is 2. The fourth-order valence-corrected chi connectivity index (χ4v) is 1.88. The van der Waals surface area contributed by atoms with E-state index in [4.69, 9.17) is 16.7 Å². The van der Waals surface area contributed by atoms with E-state index < -0.39 is 5.97 Å². The predicted molar refractivity (Wildman–Crippen MR) is 65.7 cm³/mol. The smallest absolute Gasteiger partial charge is 0.335 e. The minimum absolute atomic E-state index is 0.175. The molecule has 1 aromatic carbocycles. The maximum Gasteiger partial charge on any atom is 0.335 e. The number of carbonyl (C=O) groups excluding carboxylic acids is 1. The van der Waals surface area contributed by atoms with Gasteiger partial charge in [-0.05, 0) is 31.2 Å². The van der Waals surface area contributed by atoms with Crippen molar-refractivity contribution in [2.75, 3.05) is 0 Å². The highest BCUT2D eigenvalue weighted by Crippen LogP contribution is 2.22. The Kier molecular flexibility index (Phi) is 3.16. The summed E-state index contributed by atoms with van der Waals surface area (Å²) in [6.45, 7) is 1.68. The topological polar surface area (TPSA) is 72.2 Å². The van der Waals surface area contributed by atoms with E-state index in [9.17, 15) is 9.59 Å². The first-order valence-electron chi connectivity index (χ1n) is 5.08. The lowest BCUT2D eigenvalue weighted by atomic mass is 10.2. The zero-order valence-corrected chi connectivity index (χ0v) is 10.2. The third-order valence-corrected chi connectivity index (χ3v) is 2.89. The summed E-state index contributed by atoms with van der Waals surface area (Å²) in [4.78, 5) is 21.5. The number of benzene rings is 1. The van der Waals surface area contributed by atoms with Gasteiger partial charge in [0.1, 0.15) is 5.15 Å². The Morgan fingerprint density at radius 1 is 1.39 bits per heavy atom. The third-order valence-electron chi connectivity index (χ3n) is 2.52. The van der Waals surface area contributed by atoms with Gasteiger partial charge < -0.3 is 5.11 Å². The predicted octanol–water partition coefficient (Wildman–Crippen LogP) is 2.34. The fourth-order valence-electron chi connectivity index (χ4n) is 1.56. The van der Waals surface area contributed by atoms with Crippen molar-refractivity contribution in [1.29, 1.82) is 0 Å². The van der Waals surface area contributed by atoms with Crippen LogP contribution in [0.3, 0.4) is 0 Å². The van der Waals surface area contributed by atoms with Crippen LogP contribution in [-0.2, 0) is 0 Å². The second-order valence-corrected chi connectivity index (χ2v) is 4.03. The van der Waals surface area contributed by atoms with Gasteiger partial charge in [-0.2, -0.15) is 5.10 Å². The van der Waals surface area contributed by atoms with E-state index in [0.717, 1.165) is 0 Å². The van der Waals surface area contributed by atoms with Crippen LogP contribution in [-0.4, -0.2) is 27.1 Å². The molecule has 0 spiro atoms. The van der Waals surface area contributed by atoms with Crippen LogP contribution in [0, 0.1) is 6.92 Å². The summed E-state index contributed by atoms with van der Waals surface area (Å²) in [6.07, 6.45) is 0.646. The van der Waals surface area contributed by atoms with Crippen molar-refractivity contribution in [1.82, 2.24) is 9.78 Å². The molecule has 18 heavy (non-hydrogen) atoms. The molecule has 0 aliphatic rings. The van der Waals surface area contributed by atoms with Crippen molar-refractivity contribution < 1.29 is 14.7 Å². The highest BCUT2D eigenvalue weighted by Gasteiger charge is 2.14. The summed E-state index contributed by atoms with van der Waals surface area (Å²) in [5, 5.41) is 13.1. The first-order valence-corrected chi connectivity index (χ1v) is 5.46. The van der Waals surface area contributed by atoms with Crippen LogP contribution in [0.1, 0.15) is 26.4 Å². The summed E-state index contributed by atoms with van der Waals surface area (Å²) in [5.41, 5.74) is 1.63. The van der Waals surface area contributed by atoms with Gasteiger partial charge in [0, 0.05) is 0 Å². The first kappa shape index (κ1) is 12.3. The highest BCUT2D eigenvalue weighted by atomic mass is 35.5. The van der Waals surface area contributed by atoms with E-state index in [1.54, 1.807) is 19.1 Å². The van der Waals surface area contributed by atoms with Crippen molar-refractivity contribution in [3.63, 3.8) is 0 Å². The number of nitrogens with zero attached hydrogens (tertiary/aromatic N) is 2. The number of aldehydes is 1. The molecule has 0 amide bonds. The Hall–Kier alpha value is -2.14. The summed E-state index contributed by atoms with van der Waals surface area (Å²) in [5.74, 6) is -1.00. The van der Waals surface area contributed by atoms with Crippen LogP contribution in [0.5, 0.6) is 0 Å². The molecule has 0 aliphatic heterocycles. The molecule has 0 radical (unpaired) electrons. The number of carboxylic acids is 1. The molecule has 0 fully saturated rings. The number of aromatic nitrogens is 2. The quantitative estimate of drug-likeness (QED) is 0.864. The van der Waals surface area contributed by atoms with Crippen LogP contribution in [0.25, 0.3) is 5.69 Å². The van der Waals surface area contributed by atoms with Crippen LogP contribution in [0.15, 0.2) is 24.3 Å². The van der Waals surface area contributed by atoms with Gasteiger partial charge in [0.2, 0.25) is 0 Å². The van der Waals surface area contributed by atoms with E-state index in [1.807, 2.05) is 0 Å². The molecule has 0 saturated heterocycles. The highest BCUT2D eigenvalue weighted by molar-refractivity contribution is 6.32. The maximum atomic E-state index is 10.8. The molecule has 1 aromatic heterocycles. The Labute approximate surface area is 108 Å². The Balaban J connectivity index is 2.49. The average molecular weight is 265 g/mol. The number of carboxylic acid groups (broad SMARTS) is 1. The van der Waals surface area contributed by atoms with Gasteiger partial charge in [0.25, 0.3) is 0 Å². The normalized spacial score (nSPS) is 10.3. The zero-order chi connectivity index (χ0) is 13.3. The number of rotatable bonds is 3. The van der Waals surface area contributed by atoms with Crippen molar-refractivity contribution in [3.05, 3.63) is 46.2 Å². The lowest BCUT2D eigenvalue weighted by molar-refractivity contribution is 0.0696. The molecule has 0 aliphatic carbocycles. The summed E-state index contributed by atoms with van der Waals surface area (Å²) >= 11 is 6.02. The summed E-state index contributed by atoms with van der Waals surface area (Å²) in [7, 11) is 0. The number of aryl methyl sites for hydroxylation is 1. The zero-order valence-electron chi connectivity index (χ0n) is 9.42. The molecule has 92 valence electrons. The summed E-state index contributed by atoms with van der Waals surface area (Å²) in [6, 6.07) is 6.06. The Morgan fingerprint density at radius 2 is 2.00 bits per heavy atom. The second kappa shape index (κ2) is 4.62. The van der Waals surface area contributed by atoms with Crippen molar-refractivity contribution >= 4 is 23.9 Å². The minimum Gasteiger partial charge on any atom is -0.478 e. The lowest BCUT2D eigenvalue weighted by Crippen LogP contribution is -2.00. The lowest BCUT2D eigenvalue weighted by Gasteiger charge is -2.03. The van der Waals surface area contributed by atoms with Crippen LogP contribution < -0.4 is 0 Å².